The Bertz CT molecular complexity index is 659. The van der Waals surface area contributed by atoms with Gasteiger partial charge in [-0.15, -0.1) is 11.3 Å². The molecule has 3 rings (SSSR count). The Hall–Kier alpha value is -1.88. The number of hydrogen-bond acceptors (Lipinski definition) is 4. The molecule has 2 N–H and O–H groups in total. The molecule has 1 aromatic carbocycles. The van der Waals surface area contributed by atoms with E-state index >= 15 is 0 Å². The van der Waals surface area contributed by atoms with Gasteiger partial charge in [-0.1, -0.05) is 17.3 Å². The van der Waals surface area contributed by atoms with Crippen molar-refractivity contribution in [2.24, 2.45) is 0 Å². The van der Waals surface area contributed by atoms with Crippen molar-refractivity contribution in [2.75, 3.05) is 5.73 Å². The van der Waals surface area contributed by atoms with E-state index in [1.54, 1.807) is 12.1 Å². The third-order valence-corrected chi connectivity index (χ3v) is 3.44. The first-order chi connectivity index (χ1) is 7.74. The zero-order valence-corrected chi connectivity index (χ0v) is 8.92. The summed E-state index contributed by atoms with van der Waals surface area (Å²) < 4.78 is 19.1. The molecular formula is C11H7FN2OS. The van der Waals surface area contributed by atoms with Crippen LogP contribution in [0.5, 0.6) is 0 Å². The van der Waals surface area contributed by atoms with Gasteiger partial charge in [-0.25, -0.2) is 4.39 Å². The predicted molar refractivity (Wildman–Crippen MR) is 61.7 cm³/mol. The number of fused-ring (bicyclic) bond motifs is 1. The number of anilines is 1. The molecule has 0 bridgehead atoms. The fraction of sp³-hybridized carbons (Fsp3) is 0. The maximum atomic E-state index is 13.5. The highest BCUT2D eigenvalue weighted by atomic mass is 32.1. The first kappa shape index (κ1) is 9.35. The molecule has 0 atom stereocenters. The van der Waals surface area contributed by atoms with Gasteiger partial charge in [0.25, 0.3) is 0 Å². The molecule has 0 saturated heterocycles. The number of nitrogens with zero attached hydrogens (tertiary/aromatic N) is 1. The van der Waals surface area contributed by atoms with Crippen LogP contribution in [0, 0.1) is 5.82 Å². The molecule has 0 aliphatic heterocycles. The molecule has 0 aliphatic carbocycles. The van der Waals surface area contributed by atoms with Gasteiger partial charge >= 0.3 is 0 Å². The molecule has 0 unspecified atom stereocenters. The number of aromatic nitrogens is 1. The van der Waals surface area contributed by atoms with Gasteiger partial charge in [0.15, 0.2) is 11.6 Å². The third kappa shape index (κ3) is 1.37. The molecule has 0 amide bonds. The summed E-state index contributed by atoms with van der Waals surface area (Å²) in [5.41, 5.74) is 5.47. The Morgan fingerprint density at radius 3 is 2.88 bits per heavy atom. The van der Waals surface area contributed by atoms with Gasteiger partial charge in [0, 0.05) is 6.07 Å². The van der Waals surface area contributed by atoms with Gasteiger partial charge in [-0.05, 0) is 17.5 Å². The third-order valence-electron chi connectivity index (χ3n) is 2.27. The van der Waals surface area contributed by atoms with E-state index in [4.69, 9.17) is 10.3 Å². The van der Waals surface area contributed by atoms with E-state index in [-0.39, 0.29) is 5.82 Å². The highest BCUT2D eigenvalue weighted by Crippen LogP contribution is 2.35. The molecule has 80 valence electrons. The fourth-order valence-electron chi connectivity index (χ4n) is 1.55. The van der Waals surface area contributed by atoms with E-state index in [0.717, 1.165) is 10.3 Å². The van der Waals surface area contributed by atoms with Gasteiger partial charge in [-0.2, -0.15) is 0 Å². The Kier molecular flexibility index (Phi) is 1.94. The summed E-state index contributed by atoms with van der Waals surface area (Å²) in [4.78, 5) is 0.823. The second-order valence-electron chi connectivity index (χ2n) is 3.38. The fourth-order valence-corrected chi connectivity index (χ4v) is 2.57. The van der Waals surface area contributed by atoms with Crippen LogP contribution in [0.15, 0.2) is 34.9 Å². The first-order valence-corrected chi connectivity index (χ1v) is 5.46. The van der Waals surface area contributed by atoms with Crippen LogP contribution in [0.1, 0.15) is 0 Å². The lowest BCUT2D eigenvalue weighted by Crippen LogP contribution is -1.79. The average molecular weight is 234 g/mol. The van der Waals surface area contributed by atoms with Gasteiger partial charge in [-0.3, -0.25) is 0 Å². The first-order valence-electron chi connectivity index (χ1n) is 4.64. The van der Waals surface area contributed by atoms with Crippen molar-refractivity contribution >= 4 is 27.2 Å². The van der Waals surface area contributed by atoms with E-state index in [9.17, 15) is 4.39 Å². The van der Waals surface area contributed by atoms with Crippen LogP contribution in [0.2, 0.25) is 0 Å². The van der Waals surface area contributed by atoms with Crippen LogP contribution in [0.3, 0.4) is 0 Å². The Morgan fingerprint density at radius 1 is 1.31 bits per heavy atom. The second kappa shape index (κ2) is 3.31. The molecule has 3 aromatic rings. The maximum absolute atomic E-state index is 13.5. The molecule has 16 heavy (non-hydrogen) atoms. The van der Waals surface area contributed by atoms with Crippen molar-refractivity contribution in [3.63, 3.8) is 0 Å². The molecular weight excluding hydrogens is 227 g/mol. The minimum atomic E-state index is -0.221. The quantitative estimate of drug-likeness (QED) is 0.703. The molecule has 0 saturated carbocycles. The summed E-state index contributed by atoms with van der Waals surface area (Å²) >= 11 is 1.33. The molecule has 0 aliphatic rings. The van der Waals surface area contributed by atoms with Crippen LogP contribution in [0.25, 0.3) is 20.7 Å². The van der Waals surface area contributed by atoms with Gasteiger partial charge in [0.2, 0.25) is 0 Å². The highest BCUT2D eigenvalue weighted by Gasteiger charge is 2.11. The van der Waals surface area contributed by atoms with Crippen molar-refractivity contribution in [3.8, 4) is 10.6 Å². The van der Waals surface area contributed by atoms with E-state index in [0.29, 0.717) is 16.3 Å². The number of benzene rings is 1. The van der Waals surface area contributed by atoms with E-state index < -0.39 is 0 Å². The minimum absolute atomic E-state index is 0.221. The van der Waals surface area contributed by atoms with E-state index in [1.165, 1.54) is 17.4 Å². The lowest BCUT2D eigenvalue weighted by Gasteiger charge is -1.88. The number of rotatable bonds is 1. The zero-order chi connectivity index (χ0) is 11.1. The summed E-state index contributed by atoms with van der Waals surface area (Å²) in [7, 11) is 0. The molecule has 0 radical (unpaired) electrons. The molecule has 0 spiro atoms. The standard InChI is InChI=1S/C11H7FN2OS/c12-7-3-1-2-6-4-9(16-11(6)7)8-5-10(13)14-15-8/h1-5H,(H2,13,14). The number of thiophene rings is 1. The van der Waals surface area contributed by atoms with Gasteiger partial charge in [0.1, 0.15) is 5.82 Å². The normalized spacial score (nSPS) is 11.1. The summed E-state index contributed by atoms with van der Waals surface area (Å²) in [5.74, 6) is 0.673. The lowest BCUT2D eigenvalue weighted by atomic mass is 10.2. The van der Waals surface area contributed by atoms with Crippen molar-refractivity contribution in [2.45, 2.75) is 0 Å². The smallest absolute Gasteiger partial charge is 0.179 e. The monoisotopic (exact) mass is 234 g/mol. The SMILES string of the molecule is Nc1cc(-c2cc3cccc(F)c3s2)on1. The van der Waals surface area contributed by atoms with Crippen LogP contribution in [-0.4, -0.2) is 5.16 Å². The van der Waals surface area contributed by atoms with Crippen LogP contribution in [0.4, 0.5) is 10.2 Å². The molecule has 5 heteroatoms. The average Bonchev–Trinajstić information content (AvgIpc) is 2.84. The lowest BCUT2D eigenvalue weighted by molar-refractivity contribution is 0.436. The number of nitrogen functional groups attached to an aromatic ring is 1. The number of nitrogens with two attached hydrogens (primary N) is 1. The summed E-state index contributed by atoms with van der Waals surface area (Å²) in [6, 6.07) is 8.48. The highest BCUT2D eigenvalue weighted by molar-refractivity contribution is 7.22. The molecule has 3 nitrogen and oxygen atoms in total. The van der Waals surface area contributed by atoms with Crippen molar-refractivity contribution in [1.82, 2.24) is 5.16 Å². The second-order valence-corrected chi connectivity index (χ2v) is 4.44. The van der Waals surface area contributed by atoms with Crippen LogP contribution < -0.4 is 5.73 Å². The molecule has 0 fully saturated rings. The van der Waals surface area contributed by atoms with E-state index in [2.05, 4.69) is 5.16 Å². The molecule has 2 aromatic heterocycles. The van der Waals surface area contributed by atoms with Crippen molar-refractivity contribution in [3.05, 3.63) is 36.1 Å². The Morgan fingerprint density at radius 2 is 2.19 bits per heavy atom. The summed E-state index contributed by atoms with van der Waals surface area (Å²) in [6.07, 6.45) is 0. The topological polar surface area (TPSA) is 52.0 Å². The van der Waals surface area contributed by atoms with Crippen LogP contribution in [-0.2, 0) is 0 Å². The van der Waals surface area contributed by atoms with Crippen molar-refractivity contribution in [1.29, 1.82) is 0 Å². The zero-order valence-electron chi connectivity index (χ0n) is 8.11. The predicted octanol–water partition coefficient (Wildman–Crippen LogP) is 3.28. The summed E-state index contributed by atoms with van der Waals surface area (Å²) in [5, 5.41) is 4.46. The van der Waals surface area contributed by atoms with Crippen LogP contribution >= 0.6 is 11.3 Å². The van der Waals surface area contributed by atoms with Gasteiger partial charge in [0.05, 0.1) is 9.58 Å². The Balaban J connectivity index is 2.22. The summed E-state index contributed by atoms with van der Waals surface area (Å²) in [6.45, 7) is 0. The largest absolute Gasteiger partial charge is 0.381 e. The Labute approximate surface area is 94.3 Å². The maximum Gasteiger partial charge on any atom is 0.179 e. The number of halogens is 1. The van der Waals surface area contributed by atoms with E-state index in [1.807, 2.05) is 12.1 Å². The van der Waals surface area contributed by atoms with Gasteiger partial charge < -0.3 is 10.3 Å². The molecule has 2 heterocycles. The minimum Gasteiger partial charge on any atom is -0.381 e. The van der Waals surface area contributed by atoms with Crippen molar-refractivity contribution < 1.29 is 8.91 Å². The number of hydrogen-bond donors (Lipinski definition) is 1.